The van der Waals surface area contributed by atoms with Crippen molar-refractivity contribution < 1.29 is 13.9 Å². The highest BCUT2D eigenvalue weighted by Crippen LogP contribution is 2.34. The minimum Gasteiger partial charge on any atom is -0.465 e. The van der Waals surface area contributed by atoms with Crippen molar-refractivity contribution in [2.75, 3.05) is 7.11 Å². The molecule has 0 N–H and O–H groups in total. The van der Waals surface area contributed by atoms with Gasteiger partial charge in [-0.3, -0.25) is 4.98 Å². The first kappa shape index (κ1) is 17.2. The minimum absolute atomic E-state index is 0.236. The lowest BCUT2D eigenvalue weighted by Gasteiger charge is -2.12. The normalized spacial score (nSPS) is 14.2. The lowest BCUT2D eigenvalue weighted by atomic mass is 9.93. The van der Waals surface area contributed by atoms with Crippen LogP contribution < -0.4 is 0 Å². The molecule has 4 heteroatoms. The van der Waals surface area contributed by atoms with Crippen LogP contribution in [0.5, 0.6) is 0 Å². The van der Waals surface area contributed by atoms with Crippen molar-refractivity contribution in [3.8, 4) is 0 Å². The number of nitrogens with zero attached hydrogens (tertiary/aromatic N) is 1. The van der Waals surface area contributed by atoms with Gasteiger partial charge in [-0.05, 0) is 71.5 Å². The first-order chi connectivity index (χ1) is 13.2. The van der Waals surface area contributed by atoms with Gasteiger partial charge in [0.15, 0.2) is 0 Å². The highest BCUT2D eigenvalue weighted by atomic mass is 19.1. The number of carbonyl (C=O) groups is 1. The summed E-state index contributed by atoms with van der Waals surface area (Å²) in [7, 11) is 1.37. The largest absolute Gasteiger partial charge is 0.465 e. The van der Waals surface area contributed by atoms with E-state index in [1.165, 1.54) is 13.2 Å². The van der Waals surface area contributed by atoms with Crippen molar-refractivity contribution in [3.63, 3.8) is 0 Å². The van der Waals surface area contributed by atoms with Gasteiger partial charge in [-0.2, -0.15) is 0 Å². The van der Waals surface area contributed by atoms with Gasteiger partial charge in [0.05, 0.1) is 12.7 Å². The second-order valence-corrected chi connectivity index (χ2v) is 6.47. The van der Waals surface area contributed by atoms with Crippen LogP contribution in [0, 0.1) is 5.82 Å². The van der Waals surface area contributed by atoms with Gasteiger partial charge in [0.1, 0.15) is 5.82 Å². The molecule has 1 heterocycles. The molecule has 27 heavy (non-hydrogen) atoms. The zero-order chi connectivity index (χ0) is 18.8. The van der Waals surface area contributed by atoms with Crippen LogP contribution in [0.4, 0.5) is 4.39 Å². The topological polar surface area (TPSA) is 39.2 Å². The van der Waals surface area contributed by atoms with E-state index in [1.807, 2.05) is 36.4 Å². The van der Waals surface area contributed by atoms with E-state index >= 15 is 0 Å². The SMILES string of the molecule is COC(=O)c1cccc(/C=C2/c3ccc(F)cc3CCc3ncccc32)c1. The van der Waals surface area contributed by atoms with Gasteiger partial charge in [-0.25, -0.2) is 9.18 Å². The van der Waals surface area contributed by atoms with E-state index in [0.29, 0.717) is 5.56 Å². The average molecular weight is 359 g/mol. The van der Waals surface area contributed by atoms with Crippen LogP contribution in [0.15, 0.2) is 60.8 Å². The number of hydrogen-bond acceptors (Lipinski definition) is 3. The molecule has 4 rings (SSSR count). The molecule has 0 unspecified atom stereocenters. The summed E-state index contributed by atoms with van der Waals surface area (Å²) in [6.45, 7) is 0. The van der Waals surface area contributed by atoms with E-state index in [9.17, 15) is 9.18 Å². The Labute approximate surface area is 157 Å². The number of esters is 1. The van der Waals surface area contributed by atoms with E-state index in [2.05, 4.69) is 4.98 Å². The third-order valence-electron chi connectivity index (χ3n) is 4.79. The Morgan fingerprint density at radius 1 is 1.07 bits per heavy atom. The lowest BCUT2D eigenvalue weighted by molar-refractivity contribution is 0.0600. The predicted molar refractivity (Wildman–Crippen MR) is 103 cm³/mol. The van der Waals surface area contributed by atoms with Gasteiger partial charge in [0.2, 0.25) is 0 Å². The number of aromatic nitrogens is 1. The number of carbonyl (C=O) groups excluding carboxylic acids is 1. The minimum atomic E-state index is -0.374. The fourth-order valence-corrected chi connectivity index (χ4v) is 3.51. The van der Waals surface area contributed by atoms with E-state index in [4.69, 9.17) is 4.74 Å². The van der Waals surface area contributed by atoms with E-state index in [0.717, 1.165) is 46.4 Å². The zero-order valence-corrected chi connectivity index (χ0v) is 14.9. The van der Waals surface area contributed by atoms with E-state index in [-0.39, 0.29) is 11.8 Å². The summed E-state index contributed by atoms with van der Waals surface area (Å²) in [5.74, 6) is -0.611. The molecule has 0 radical (unpaired) electrons. The molecule has 1 aliphatic carbocycles. The number of hydrogen-bond donors (Lipinski definition) is 0. The molecule has 0 saturated heterocycles. The molecule has 0 spiro atoms. The first-order valence-electron chi connectivity index (χ1n) is 8.79. The summed E-state index contributed by atoms with van der Waals surface area (Å²) < 4.78 is 18.6. The van der Waals surface area contributed by atoms with Gasteiger partial charge < -0.3 is 4.74 Å². The van der Waals surface area contributed by atoms with Crippen LogP contribution in [0.3, 0.4) is 0 Å². The molecule has 3 nitrogen and oxygen atoms in total. The van der Waals surface area contributed by atoms with Crippen molar-refractivity contribution in [2.24, 2.45) is 0 Å². The van der Waals surface area contributed by atoms with Gasteiger partial charge in [-0.15, -0.1) is 0 Å². The fourth-order valence-electron chi connectivity index (χ4n) is 3.51. The number of ether oxygens (including phenoxy) is 1. The Balaban J connectivity index is 1.91. The summed E-state index contributed by atoms with van der Waals surface area (Å²) >= 11 is 0. The quantitative estimate of drug-likeness (QED) is 0.623. The Kier molecular flexibility index (Phi) is 4.55. The van der Waals surface area contributed by atoms with Crippen LogP contribution in [-0.4, -0.2) is 18.1 Å². The highest BCUT2D eigenvalue weighted by Gasteiger charge is 2.19. The maximum absolute atomic E-state index is 13.8. The van der Waals surface area contributed by atoms with Crippen molar-refractivity contribution in [2.45, 2.75) is 12.8 Å². The van der Waals surface area contributed by atoms with Crippen molar-refractivity contribution >= 4 is 17.6 Å². The van der Waals surface area contributed by atoms with Gasteiger partial charge in [-0.1, -0.05) is 24.3 Å². The number of rotatable bonds is 2. The summed E-state index contributed by atoms with van der Waals surface area (Å²) in [5, 5.41) is 0. The maximum atomic E-state index is 13.8. The molecule has 1 aliphatic rings. The van der Waals surface area contributed by atoms with Gasteiger partial charge in [0.25, 0.3) is 0 Å². The smallest absolute Gasteiger partial charge is 0.337 e. The Bertz CT molecular complexity index is 1060. The standard InChI is InChI=1S/C23H18FNO2/c1-27-23(26)17-5-2-4-15(12-17)13-21-19-9-8-18(24)14-16(19)7-10-22-20(21)6-3-11-25-22/h2-6,8-9,11-14H,7,10H2,1H3/b21-13-. The average Bonchev–Trinajstić information content (AvgIpc) is 2.85. The first-order valence-corrected chi connectivity index (χ1v) is 8.79. The molecule has 0 aliphatic heterocycles. The second-order valence-electron chi connectivity index (χ2n) is 6.47. The van der Waals surface area contributed by atoms with Crippen LogP contribution >= 0.6 is 0 Å². The molecule has 1 aromatic heterocycles. The molecule has 0 amide bonds. The molecule has 134 valence electrons. The molecule has 3 aromatic rings. The second kappa shape index (κ2) is 7.16. The molecule has 0 fully saturated rings. The summed E-state index contributed by atoms with van der Waals surface area (Å²) in [6, 6.07) is 16.1. The van der Waals surface area contributed by atoms with Gasteiger partial charge >= 0.3 is 5.97 Å². The molecule has 0 bridgehead atoms. The van der Waals surface area contributed by atoms with Crippen molar-refractivity contribution in [1.29, 1.82) is 0 Å². The summed E-state index contributed by atoms with van der Waals surface area (Å²) in [6.07, 6.45) is 5.29. The molecule has 0 atom stereocenters. The summed E-state index contributed by atoms with van der Waals surface area (Å²) in [5.41, 5.74) is 6.32. The number of benzene rings is 2. The number of methoxy groups -OCH3 is 1. The third-order valence-corrected chi connectivity index (χ3v) is 4.79. The predicted octanol–water partition coefficient (Wildman–Crippen LogP) is 4.69. The fraction of sp³-hybridized carbons (Fsp3) is 0.130. The molecule has 2 aromatic carbocycles. The monoisotopic (exact) mass is 359 g/mol. The number of halogens is 1. The molecular weight excluding hydrogens is 341 g/mol. The van der Waals surface area contributed by atoms with Gasteiger partial charge in [0, 0.05) is 17.5 Å². The summed E-state index contributed by atoms with van der Waals surface area (Å²) in [4.78, 5) is 16.4. The Morgan fingerprint density at radius 3 is 2.81 bits per heavy atom. The van der Waals surface area contributed by atoms with E-state index in [1.54, 1.807) is 24.4 Å². The van der Waals surface area contributed by atoms with E-state index < -0.39 is 0 Å². The maximum Gasteiger partial charge on any atom is 0.337 e. The highest BCUT2D eigenvalue weighted by molar-refractivity contribution is 5.95. The number of fused-ring (bicyclic) bond motifs is 2. The molecular formula is C23H18FNO2. The zero-order valence-electron chi connectivity index (χ0n) is 14.9. The lowest BCUT2D eigenvalue weighted by Crippen LogP contribution is -2.01. The number of aryl methyl sites for hydroxylation is 2. The Morgan fingerprint density at radius 2 is 1.96 bits per heavy atom. The number of pyridine rings is 1. The molecule has 0 saturated carbocycles. The van der Waals surface area contributed by atoms with Crippen LogP contribution in [0.2, 0.25) is 0 Å². The van der Waals surface area contributed by atoms with Crippen molar-refractivity contribution in [3.05, 3.63) is 100 Å². The Hall–Kier alpha value is -3.27. The van der Waals surface area contributed by atoms with Crippen LogP contribution in [0.25, 0.3) is 11.6 Å². The van der Waals surface area contributed by atoms with Crippen molar-refractivity contribution in [1.82, 2.24) is 4.98 Å². The third kappa shape index (κ3) is 3.38. The van der Waals surface area contributed by atoms with Crippen LogP contribution in [-0.2, 0) is 17.6 Å². The van der Waals surface area contributed by atoms with Crippen LogP contribution in [0.1, 0.15) is 38.3 Å².